The summed E-state index contributed by atoms with van der Waals surface area (Å²) in [6.07, 6.45) is 0. The molecule has 0 atom stereocenters. The van der Waals surface area contributed by atoms with Gasteiger partial charge in [-0.3, -0.25) is 4.90 Å². The number of hydrogen-bond acceptors (Lipinski definition) is 9. The molecule has 0 spiro atoms. The molecule has 12 heteroatoms. The summed E-state index contributed by atoms with van der Waals surface area (Å²) in [4.78, 5) is 2.03. The van der Waals surface area contributed by atoms with Crippen molar-refractivity contribution in [2.24, 2.45) is 0 Å². The molecule has 0 aromatic carbocycles. The van der Waals surface area contributed by atoms with Gasteiger partial charge < -0.3 is 19.5 Å². The number of ether oxygens (including phenoxy) is 3. The second kappa shape index (κ2) is 12.7. The highest BCUT2D eigenvalue weighted by molar-refractivity contribution is 7.91. The van der Waals surface area contributed by atoms with E-state index in [1.54, 1.807) is 4.68 Å². The van der Waals surface area contributed by atoms with Crippen LogP contribution in [0.1, 0.15) is 5.69 Å². The fraction of sp³-hybridized carbons (Fsp3) is 0.875. The van der Waals surface area contributed by atoms with E-state index in [-0.39, 0.29) is 11.5 Å². The van der Waals surface area contributed by atoms with Crippen LogP contribution in [0.2, 0.25) is 5.15 Å². The third-order valence-corrected chi connectivity index (χ3v) is 6.26. The quantitative estimate of drug-likeness (QED) is 0.381. The van der Waals surface area contributed by atoms with Gasteiger partial charge in [0.2, 0.25) is 0 Å². The van der Waals surface area contributed by atoms with Gasteiger partial charge in [-0.2, -0.15) is 0 Å². The monoisotopic (exact) mass is 439 g/mol. The smallest absolute Gasteiger partial charge is 0.152 e. The average molecular weight is 440 g/mol. The molecule has 1 aliphatic heterocycles. The molecule has 0 amide bonds. The Kier molecular flexibility index (Phi) is 10.6. The molecule has 1 saturated heterocycles. The summed E-state index contributed by atoms with van der Waals surface area (Å²) in [5.74, 6) is 0.355. The largest absolute Gasteiger partial charge is 0.378 e. The Morgan fingerprint density at radius 2 is 1.64 bits per heavy atom. The Morgan fingerprint density at radius 1 is 1.04 bits per heavy atom. The molecule has 0 unspecified atom stereocenters. The van der Waals surface area contributed by atoms with Gasteiger partial charge in [-0.15, -0.1) is 5.10 Å². The Balaban J connectivity index is 1.55. The lowest BCUT2D eigenvalue weighted by molar-refractivity contribution is 0.0135. The van der Waals surface area contributed by atoms with Crippen molar-refractivity contribution in [3.8, 4) is 0 Å². The van der Waals surface area contributed by atoms with E-state index in [1.165, 1.54) is 0 Å². The molecular formula is C16H30ClN5O5S. The highest BCUT2D eigenvalue weighted by Gasteiger charge is 2.23. The Hall–Kier alpha value is -0.820. The topological polar surface area (TPSA) is 108 Å². The summed E-state index contributed by atoms with van der Waals surface area (Å²) in [5.41, 5.74) is 0.655. The van der Waals surface area contributed by atoms with Gasteiger partial charge in [0, 0.05) is 26.2 Å². The molecule has 1 aromatic rings. The molecule has 0 saturated carbocycles. The van der Waals surface area contributed by atoms with Gasteiger partial charge in [-0.25, -0.2) is 13.1 Å². The van der Waals surface area contributed by atoms with Crippen LogP contribution in [0, 0.1) is 0 Å². The van der Waals surface area contributed by atoms with Gasteiger partial charge in [0.05, 0.1) is 57.7 Å². The fourth-order valence-corrected chi connectivity index (χ4v) is 4.06. The molecule has 28 heavy (non-hydrogen) atoms. The normalized spacial score (nSPS) is 17.2. The summed E-state index contributed by atoms with van der Waals surface area (Å²) in [5, 5.41) is 11.6. The Morgan fingerprint density at radius 3 is 2.29 bits per heavy atom. The third kappa shape index (κ3) is 8.68. The lowest BCUT2D eigenvalue weighted by atomic mass is 10.4. The van der Waals surface area contributed by atoms with Crippen molar-refractivity contribution in [2.75, 3.05) is 77.8 Å². The van der Waals surface area contributed by atoms with Crippen LogP contribution in [0.3, 0.4) is 0 Å². The molecule has 2 rings (SSSR count). The van der Waals surface area contributed by atoms with E-state index < -0.39 is 9.84 Å². The van der Waals surface area contributed by atoms with Crippen LogP contribution in [-0.4, -0.2) is 106 Å². The van der Waals surface area contributed by atoms with Crippen molar-refractivity contribution in [1.29, 1.82) is 0 Å². The first-order valence-electron chi connectivity index (χ1n) is 9.40. The van der Waals surface area contributed by atoms with E-state index in [0.717, 1.165) is 6.54 Å². The second-order valence-corrected chi connectivity index (χ2v) is 9.08. The highest BCUT2D eigenvalue weighted by atomic mass is 35.5. The molecule has 162 valence electrons. The number of likely N-dealkylation sites (N-methyl/N-ethyl adjacent to an activating group) is 1. The maximum Gasteiger partial charge on any atom is 0.152 e. The van der Waals surface area contributed by atoms with Gasteiger partial charge in [-0.05, 0) is 7.05 Å². The first-order chi connectivity index (χ1) is 13.5. The minimum atomic E-state index is -2.89. The van der Waals surface area contributed by atoms with Crippen LogP contribution < -0.4 is 5.32 Å². The van der Waals surface area contributed by atoms with Crippen molar-refractivity contribution < 1.29 is 22.6 Å². The van der Waals surface area contributed by atoms with E-state index in [9.17, 15) is 8.42 Å². The van der Waals surface area contributed by atoms with E-state index in [1.807, 2.05) is 11.9 Å². The zero-order chi connectivity index (χ0) is 20.2. The summed E-state index contributed by atoms with van der Waals surface area (Å²) in [6, 6.07) is 0. The molecule has 1 aromatic heterocycles. The zero-order valence-electron chi connectivity index (χ0n) is 16.3. The van der Waals surface area contributed by atoms with Gasteiger partial charge in [0.15, 0.2) is 15.0 Å². The van der Waals surface area contributed by atoms with E-state index in [2.05, 4.69) is 15.6 Å². The first-order valence-corrected chi connectivity index (χ1v) is 11.6. The van der Waals surface area contributed by atoms with Crippen molar-refractivity contribution in [3.63, 3.8) is 0 Å². The minimum absolute atomic E-state index is 0.177. The van der Waals surface area contributed by atoms with Crippen molar-refractivity contribution in [1.82, 2.24) is 25.2 Å². The van der Waals surface area contributed by atoms with E-state index in [0.29, 0.717) is 76.7 Å². The molecular weight excluding hydrogens is 410 g/mol. The Bertz CT molecular complexity index is 658. The predicted molar refractivity (Wildman–Crippen MR) is 105 cm³/mol. The number of aromatic nitrogens is 3. The van der Waals surface area contributed by atoms with Crippen LogP contribution in [0.25, 0.3) is 0 Å². The zero-order valence-corrected chi connectivity index (χ0v) is 17.9. The van der Waals surface area contributed by atoms with E-state index >= 15 is 0 Å². The molecule has 10 nitrogen and oxygen atoms in total. The van der Waals surface area contributed by atoms with Gasteiger partial charge >= 0.3 is 0 Å². The van der Waals surface area contributed by atoms with Crippen molar-refractivity contribution in [2.45, 2.75) is 13.1 Å². The summed E-state index contributed by atoms with van der Waals surface area (Å²) < 4.78 is 40.8. The van der Waals surface area contributed by atoms with Gasteiger partial charge in [-0.1, -0.05) is 16.8 Å². The van der Waals surface area contributed by atoms with Crippen LogP contribution >= 0.6 is 11.6 Å². The standard InChI is InChI=1S/C16H30ClN5O5S/c1-18-2-6-25-8-10-27-11-9-26-7-3-22-16(17)15(19-20-22)14-21-4-12-28(23,24)13-5-21/h18H,2-14H2,1H3. The molecule has 1 aliphatic rings. The van der Waals surface area contributed by atoms with Crippen molar-refractivity contribution in [3.05, 3.63) is 10.8 Å². The van der Waals surface area contributed by atoms with Crippen LogP contribution in [-0.2, 0) is 37.1 Å². The molecule has 1 fully saturated rings. The fourth-order valence-electron chi connectivity index (χ4n) is 2.56. The number of rotatable bonds is 14. The Labute approximate surface area is 171 Å². The molecule has 0 radical (unpaired) electrons. The maximum absolute atomic E-state index is 11.5. The van der Waals surface area contributed by atoms with Gasteiger partial charge in [0.1, 0.15) is 5.69 Å². The average Bonchev–Trinajstić information content (AvgIpc) is 3.01. The molecule has 1 N–H and O–H groups in total. The summed E-state index contributed by atoms with van der Waals surface area (Å²) >= 11 is 6.33. The number of nitrogens with zero attached hydrogens (tertiary/aromatic N) is 4. The maximum atomic E-state index is 11.5. The number of halogens is 1. The third-order valence-electron chi connectivity index (χ3n) is 4.24. The number of nitrogens with one attached hydrogen (secondary N) is 1. The van der Waals surface area contributed by atoms with Crippen molar-refractivity contribution >= 4 is 21.4 Å². The van der Waals surface area contributed by atoms with Crippen LogP contribution in [0.5, 0.6) is 0 Å². The number of sulfone groups is 1. The lowest BCUT2D eigenvalue weighted by Crippen LogP contribution is -2.39. The second-order valence-electron chi connectivity index (χ2n) is 6.42. The predicted octanol–water partition coefficient (Wildman–Crippen LogP) is -0.569. The molecule has 0 aliphatic carbocycles. The lowest BCUT2D eigenvalue weighted by Gasteiger charge is -2.25. The summed E-state index contributed by atoms with van der Waals surface area (Å²) in [6.45, 7) is 6.04. The van der Waals surface area contributed by atoms with Crippen LogP contribution in [0.4, 0.5) is 0 Å². The molecule has 2 heterocycles. The first kappa shape index (κ1) is 23.5. The van der Waals surface area contributed by atoms with Crippen LogP contribution in [0.15, 0.2) is 0 Å². The minimum Gasteiger partial charge on any atom is -0.378 e. The summed E-state index contributed by atoms with van der Waals surface area (Å²) in [7, 11) is -1.01. The van der Waals surface area contributed by atoms with Gasteiger partial charge in [0.25, 0.3) is 0 Å². The SMILES string of the molecule is CNCCOCCOCCOCCn1nnc(CN2CCS(=O)(=O)CC2)c1Cl. The highest BCUT2D eigenvalue weighted by Crippen LogP contribution is 2.16. The van der Waals surface area contributed by atoms with E-state index in [4.69, 9.17) is 25.8 Å². The molecule has 0 bridgehead atoms. The number of hydrogen-bond donors (Lipinski definition) is 1.